The lowest BCUT2D eigenvalue weighted by Crippen LogP contribution is -1.95. The van der Waals surface area contributed by atoms with Gasteiger partial charge in [-0.05, 0) is 10.6 Å². The minimum absolute atomic E-state index is 0.582. The molecule has 32 valence electrons. The number of thiol groups is 2. The van der Waals surface area contributed by atoms with Crippen LogP contribution in [0, 0.1) is 0 Å². The molecule has 0 bridgehead atoms. The average molecular weight is 124 g/mol. The van der Waals surface area contributed by atoms with Crippen LogP contribution in [0.25, 0.3) is 0 Å². The van der Waals surface area contributed by atoms with Gasteiger partial charge in [0, 0.05) is 10.2 Å². The zero-order chi connectivity index (χ0) is 4.28. The summed E-state index contributed by atoms with van der Waals surface area (Å²) in [5.41, 5.74) is 0. The summed E-state index contributed by atoms with van der Waals surface area (Å²) < 4.78 is 0. The maximum Gasteiger partial charge on any atom is 0.0200 e. The fourth-order valence-corrected chi connectivity index (χ4v) is 0. The molecule has 0 heterocycles. The second-order valence-electron chi connectivity index (χ2n) is 1.03. The Bertz CT molecular complexity index is 21.6. The molecule has 0 saturated carbocycles. The molecule has 5 heavy (non-hydrogen) atoms. The van der Waals surface area contributed by atoms with Crippen LogP contribution in [-0.2, 0) is 0 Å². The van der Waals surface area contributed by atoms with Crippen molar-refractivity contribution in [3.05, 3.63) is 0 Å². The predicted octanol–water partition coefficient (Wildman–Crippen LogP) is -0.463. The zero-order valence-corrected chi connectivity index (χ0v) is 6.97. The molecule has 0 fully saturated rings. The Kier molecular flexibility index (Phi) is 3.69. The number of rotatable bonds is 1. The largest absolute Gasteiger partial charge is 0.179 e. The fourth-order valence-electron chi connectivity index (χ4n) is 0. The standard InChI is InChI=1S/C2H8S2Si/c3-1-2(4)5/h2-4H,1H2,5H3. The van der Waals surface area contributed by atoms with Crippen LogP contribution < -0.4 is 0 Å². The Morgan fingerprint density at radius 3 is 2.00 bits per heavy atom. The van der Waals surface area contributed by atoms with Crippen LogP contribution in [0.2, 0.25) is 0 Å². The lowest BCUT2D eigenvalue weighted by molar-refractivity contribution is 1.46. The third kappa shape index (κ3) is 4.92. The molecule has 0 aliphatic heterocycles. The van der Waals surface area contributed by atoms with Gasteiger partial charge in [0.05, 0.1) is 0 Å². The van der Waals surface area contributed by atoms with Crippen LogP contribution in [0.3, 0.4) is 0 Å². The average Bonchev–Trinajstić information content (AvgIpc) is 1.38. The monoisotopic (exact) mass is 124 g/mol. The molecule has 0 aromatic heterocycles. The summed E-state index contributed by atoms with van der Waals surface area (Å²) in [6, 6.07) is 0. The van der Waals surface area contributed by atoms with E-state index in [1.165, 1.54) is 0 Å². The van der Waals surface area contributed by atoms with Crippen LogP contribution in [0.4, 0.5) is 0 Å². The summed E-state index contributed by atoms with van der Waals surface area (Å²) >= 11 is 8.06. The van der Waals surface area contributed by atoms with Crippen molar-refractivity contribution in [2.45, 2.75) is 4.87 Å². The highest BCUT2D eigenvalue weighted by atomic mass is 32.1. The van der Waals surface area contributed by atoms with Crippen molar-refractivity contribution < 1.29 is 0 Å². The highest BCUT2D eigenvalue weighted by Gasteiger charge is 1.82. The maximum atomic E-state index is 4.08. The molecule has 0 saturated heterocycles. The van der Waals surface area contributed by atoms with Gasteiger partial charge in [0.2, 0.25) is 0 Å². The Morgan fingerprint density at radius 1 is 1.80 bits per heavy atom. The van der Waals surface area contributed by atoms with Gasteiger partial charge < -0.3 is 0 Å². The van der Waals surface area contributed by atoms with Gasteiger partial charge in [-0.1, -0.05) is 0 Å². The predicted molar refractivity (Wildman–Crippen MR) is 36.6 cm³/mol. The summed E-state index contributed by atoms with van der Waals surface area (Å²) in [7, 11) is 1.16. The molecule has 0 aromatic rings. The first kappa shape index (κ1) is 5.92. The molecule has 0 rings (SSSR count). The molecule has 1 unspecified atom stereocenters. The van der Waals surface area contributed by atoms with E-state index in [0.29, 0.717) is 4.87 Å². The van der Waals surface area contributed by atoms with Crippen LogP contribution in [0.1, 0.15) is 0 Å². The van der Waals surface area contributed by atoms with Gasteiger partial charge in [-0.25, -0.2) is 0 Å². The Hall–Kier alpha value is 0.917. The summed E-state index contributed by atoms with van der Waals surface area (Å²) in [6.07, 6.45) is 0. The van der Waals surface area contributed by atoms with E-state index >= 15 is 0 Å². The molecule has 3 heteroatoms. The molecular weight excluding hydrogens is 116 g/mol. The SMILES string of the molecule is [SiH3]C(S)CS. The summed E-state index contributed by atoms with van der Waals surface area (Å²) in [6.45, 7) is 0. The fraction of sp³-hybridized carbons (Fsp3) is 1.00. The van der Waals surface area contributed by atoms with Gasteiger partial charge in [-0.2, -0.15) is 25.3 Å². The van der Waals surface area contributed by atoms with Crippen molar-refractivity contribution in [3.63, 3.8) is 0 Å². The van der Waals surface area contributed by atoms with Gasteiger partial charge >= 0.3 is 0 Å². The van der Waals surface area contributed by atoms with Crippen molar-refractivity contribution >= 4 is 35.5 Å². The summed E-state index contributed by atoms with van der Waals surface area (Å²) in [4.78, 5) is 0.582. The number of hydrogen-bond donors (Lipinski definition) is 2. The highest BCUT2D eigenvalue weighted by Crippen LogP contribution is 1.87. The van der Waals surface area contributed by atoms with E-state index < -0.39 is 0 Å². The Morgan fingerprint density at radius 2 is 2.00 bits per heavy atom. The Balaban J connectivity index is 2.54. The van der Waals surface area contributed by atoms with Crippen LogP contribution in [-0.4, -0.2) is 20.9 Å². The normalized spacial score (nSPS) is 15.6. The summed E-state index contributed by atoms with van der Waals surface area (Å²) in [5.74, 6) is 0.926. The summed E-state index contributed by atoms with van der Waals surface area (Å²) in [5, 5.41) is 0. The van der Waals surface area contributed by atoms with E-state index in [9.17, 15) is 0 Å². The second-order valence-corrected chi connectivity index (χ2v) is 4.64. The lowest BCUT2D eigenvalue weighted by atomic mass is 10.9. The molecule has 0 radical (unpaired) electrons. The number of hydrogen-bond acceptors (Lipinski definition) is 2. The molecule has 0 spiro atoms. The van der Waals surface area contributed by atoms with E-state index in [-0.39, 0.29) is 0 Å². The smallest absolute Gasteiger partial charge is 0.0200 e. The lowest BCUT2D eigenvalue weighted by Gasteiger charge is -1.88. The van der Waals surface area contributed by atoms with E-state index in [4.69, 9.17) is 0 Å². The van der Waals surface area contributed by atoms with E-state index in [0.717, 1.165) is 16.0 Å². The molecule has 0 N–H and O–H groups in total. The van der Waals surface area contributed by atoms with Crippen LogP contribution in [0.5, 0.6) is 0 Å². The third-order valence-electron chi connectivity index (χ3n) is 0.264. The van der Waals surface area contributed by atoms with Crippen LogP contribution in [0.15, 0.2) is 0 Å². The van der Waals surface area contributed by atoms with Crippen molar-refractivity contribution in [2.75, 3.05) is 5.75 Å². The molecule has 0 aliphatic carbocycles. The van der Waals surface area contributed by atoms with E-state index in [1.54, 1.807) is 0 Å². The van der Waals surface area contributed by atoms with E-state index in [2.05, 4.69) is 25.3 Å². The van der Waals surface area contributed by atoms with Crippen molar-refractivity contribution in [3.8, 4) is 0 Å². The van der Waals surface area contributed by atoms with Crippen molar-refractivity contribution in [1.82, 2.24) is 0 Å². The highest BCUT2D eigenvalue weighted by molar-refractivity contribution is 7.85. The van der Waals surface area contributed by atoms with Crippen molar-refractivity contribution in [1.29, 1.82) is 0 Å². The molecule has 0 aromatic carbocycles. The van der Waals surface area contributed by atoms with Crippen molar-refractivity contribution in [2.24, 2.45) is 0 Å². The van der Waals surface area contributed by atoms with Gasteiger partial charge in [-0.3, -0.25) is 0 Å². The first-order valence-corrected chi connectivity index (χ1v) is 3.86. The minimum Gasteiger partial charge on any atom is -0.179 e. The maximum absolute atomic E-state index is 4.08. The molecular formula is C2H8S2Si. The first-order valence-electron chi connectivity index (χ1n) is 1.56. The topological polar surface area (TPSA) is 0 Å². The molecule has 0 nitrogen and oxygen atoms in total. The van der Waals surface area contributed by atoms with Gasteiger partial charge in [0.1, 0.15) is 0 Å². The minimum atomic E-state index is 0.582. The van der Waals surface area contributed by atoms with Gasteiger partial charge in [-0.15, -0.1) is 0 Å². The quantitative estimate of drug-likeness (QED) is 0.343. The molecule has 0 aliphatic rings. The Labute approximate surface area is 46.6 Å². The second kappa shape index (κ2) is 3.12. The first-order chi connectivity index (χ1) is 2.27. The van der Waals surface area contributed by atoms with Gasteiger partial charge in [0.15, 0.2) is 0 Å². The zero-order valence-electron chi connectivity index (χ0n) is 3.18. The molecule has 1 atom stereocenters. The molecule has 0 amide bonds. The van der Waals surface area contributed by atoms with Crippen LogP contribution >= 0.6 is 25.3 Å². The van der Waals surface area contributed by atoms with Gasteiger partial charge in [0.25, 0.3) is 0 Å². The third-order valence-corrected chi connectivity index (χ3v) is 2.38. The van der Waals surface area contributed by atoms with E-state index in [1.807, 2.05) is 0 Å².